The maximum absolute atomic E-state index is 12.7. The third-order valence-electron chi connectivity index (χ3n) is 4.62. The van der Waals surface area contributed by atoms with Gasteiger partial charge in [0, 0.05) is 13.1 Å². The van der Waals surface area contributed by atoms with E-state index >= 15 is 0 Å². The van der Waals surface area contributed by atoms with Crippen molar-refractivity contribution in [3.8, 4) is 0 Å². The Hall–Kier alpha value is -1.37. The molecule has 0 unspecified atom stereocenters. The van der Waals surface area contributed by atoms with E-state index in [0.29, 0.717) is 25.5 Å². The second-order valence-electron chi connectivity index (χ2n) is 6.60. The molecular weight excluding hydrogens is 296 g/mol. The Kier molecular flexibility index (Phi) is 5.04. The number of carbonyl (C=O) groups excluding carboxylic acids is 1. The number of hydrogen-bond donors (Lipinski definition) is 0. The van der Waals surface area contributed by atoms with Crippen LogP contribution in [0.15, 0.2) is 16.5 Å². The van der Waals surface area contributed by atoms with E-state index in [0.717, 1.165) is 25.1 Å². The third kappa shape index (κ3) is 3.59. The van der Waals surface area contributed by atoms with Crippen LogP contribution < -0.4 is 0 Å². The van der Waals surface area contributed by atoms with Crippen molar-refractivity contribution in [3.63, 3.8) is 0 Å². The molecule has 1 aliphatic carbocycles. The van der Waals surface area contributed by atoms with Crippen molar-refractivity contribution in [2.75, 3.05) is 40.4 Å². The Balaban J connectivity index is 1.63. The summed E-state index contributed by atoms with van der Waals surface area (Å²) < 4.78 is 17.4. The molecule has 0 aromatic carbocycles. The van der Waals surface area contributed by atoms with Crippen LogP contribution >= 0.6 is 0 Å². The zero-order chi connectivity index (χ0) is 16.4. The normalized spacial score (nSPS) is 27.5. The maximum Gasteiger partial charge on any atom is 0.289 e. The minimum Gasteiger partial charge on any atom is -0.456 e. The number of morpholine rings is 1. The third-order valence-corrected chi connectivity index (χ3v) is 4.62. The van der Waals surface area contributed by atoms with Crippen molar-refractivity contribution in [2.24, 2.45) is 0 Å². The zero-order valence-electron chi connectivity index (χ0n) is 14.2. The molecule has 2 fully saturated rings. The first kappa shape index (κ1) is 16.5. The highest BCUT2D eigenvalue weighted by molar-refractivity contribution is 5.92. The van der Waals surface area contributed by atoms with Crippen LogP contribution in [0.4, 0.5) is 0 Å². The topological polar surface area (TPSA) is 55.2 Å². The molecule has 0 spiro atoms. The number of aryl methyl sites for hydroxylation is 1. The fourth-order valence-corrected chi connectivity index (χ4v) is 3.42. The lowest BCUT2D eigenvalue weighted by molar-refractivity contribution is -0.106. The Morgan fingerprint density at radius 2 is 2.22 bits per heavy atom. The number of rotatable bonds is 5. The molecule has 0 radical (unpaired) electrons. The van der Waals surface area contributed by atoms with Crippen molar-refractivity contribution < 1.29 is 18.7 Å². The number of ether oxygens (including phenoxy) is 2. The molecule has 1 amide bonds. The van der Waals surface area contributed by atoms with Gasteiger partial charge in [-0.15, -0.1) is 0 Å². The average molecular weight is 322 g/mol. The molecule has 2 aliphatic rings. The van der Waals surface area contributed by atoms with Crippen LogP contribution in [0, 0.1) is 6.92 Å². The average Bonchev–Trinajstić information content (AvgIpc) is 3.13. The Labute approximate surface area is 137 Å². The van der Waals surface area contributed by atoms with Gasteiger partial charge in [0.25, 0.3) is 5.91 Å². The number of carbonyl (C=O) groups is 1. The van der Waals surface area contributed by atoms with Crippen LogP contribution in [0.1, 0.15) is 29.2 Å². The van der Waals surface area contributed by atoms with Crippen LogP contribution in [-0.4, -0.2) is 74.4 Å². The number of nitrogens with zero attached hydrogens (tertiary/aromatic N) is 2. The molecule has 3 atom stereocenters. The molecule has 2 heterocycles. The SMILES string of the molecule is Cc1ccc(C(=O)N2CCO[C@H]3[C@H](OCCN(C)C)CC[C@@H]32)o1. The van der Waals surface area contributed by atoms with E-state index in [4.69, 9.17) is 13.9 Å². The van der Waals surface area contributed by atoms with E-state index in [1.807, 2.05) is 32.0 Å². The number of hydrogen-bond acceptors (Lipinski definition) is 5. The van der Waals surface area contributed by atoms with Gasteiger partial charge in [0.2, 0.25) is 0 Å². The summed E-state index contributed by atoms with van der Waals surface area (Å²) in [6, 6.07) is 3.67. The van der Waals surface area contributed by atoms with Crippen LogP contribution in [0.3, 0.4) is 0 Å². The molecule has 1 aromatic heterocycles. The monoisotopic (exact) mass is 322 g/mol. The van der Waals surface area contributed by atoms with Gasteiger partial charge in [0.1, 0.15) is 11.9 Å². The lowest BCUT2D eigenvalue weighted by Crippen LogP contribution is -2.54. The van der Waals surface area contributed by atoms with E-state index in [1.165, 1.54) is 0 Å². The van der Waals surface area contributed by atoms with Crippen LogP contribution in [0.25, 0.3) is 0 Å². The zero-order valence-corrected chi connectivity index (χ0v) is 14.2. The molecule has 23 heavy (non-hydrogen) atoms. The predicted octanol–water partition coefficient (Wildman–Crippen LogP) is 1.54. The number of fused-ring (bicyclic) bond motifs is 1. The van der Waals surface area contributed by atoms with Crippen molar-refractivity contribution in [1.29, 1.82) is 0 Å². The number of amides is 1. The molecule has 0 N–H and O–H groups in total. The summed E-state index contributed by atoms with van der Waals surface area (Å²) in [5.41, 5.74) is 0. The molecule has 3 rings (SSSR count). The van der Waals surface area contributed by atoms with Gasteiger partial charge >= 0.3 is 0 Å². The standard InChI is InChI=1S/C17H26N2O4/c1-12-4-6-15(23-12)17(20)19-9-11-22-16-13(19)5-7-14(16)21-10-8-18(2)3/h4,6,13-14,16H,5,7-11H2,1-3H3/t13-,14+,16+/m0/s1. The predicted molar refractivity (Wildman–Crippen MR) is 85.5 cm³/mol. The smallest absolute Gasteiger partial charge is 0.289 e. The van der Waals surface area contributed by atoms with E-state index in [9.17, 15) is 4.79 Å². The van der Waals surface area contributed by atoms with Gasteiger partial charge in [-0.1, -0.05) is 0 Å². The molecule has 1 saturated carbocycles. The van der Waals surface area contributed by atoms with Gasteiger partial charge in [-0.3, -0.25) is 4.79 Å². The Bertz CT molecular complexity index is 542. The lowest BCUT2D eigenvalue weighted by Gasteiger charge is -2.38. The minimum atomic E-state index is -0.0367. The van der Waals surface area contributed by atoms with Crippen molar-refractivity contribution in [1.82, 2.24) is 9.80 Å². The summed E-state index contributed by atoms with van der Waals surface area (Å²) in [5.74, 6) is 1.14. The van der Waals surface area contributed by atoms with Crippen LogP contribution in [0.5, 0.6) is 0 Å². The van der Waals surface area contributed by atoms with Crippen molar-refractivity contribution in [2.45, 2.75) is 38.0 Å². The van der Waals surface area contributed by atoms with Gasteiger partial charge < -0.3 is 23.7 Å². The first-order chi connectivity index (χ1) is 11.1. The first-order valence-corrected chi connectivity index (χ1v) is 8.31. The summed E-state index contributed by atoms with van der Waals surface area (Å²) in [6.45, 7) is 4.60. The second-order valence-corrected chi connectivity index (χ2v) is 6.60. The summed E-state index contributed by atoms with van der Waals surface area (Å²) in [7, 11) is 4.06. The highest BCUT2D eigenvalue weighted by atomic mass is 16.5. The maximum atomic E-state index is 12.7. The van der Waals surface area contributed by atoms with Crippen molar-refractivity contribution >= 4 is 5.91 Å². The van der Waals surface area contributed by atoms with Gasteiger partial charge in [0.15, 0.2) is 5.76 Å². The van der Waals surface area contributed by atoms with E-state index in [2.05, 4.69) is 4.90 Å². The summed E-state index contributed by atoms with van der Waals surface area (Å²) in [5, 5.41) is 0. The summed E-state index contributed by atoms with van der Waals surface area (Å²) >= 11 is 0. The van der Waals surface area contributed by atoms with E-state index in [1.54, 1.807) is 6.07 Å². The quantitative estimate of drug-likeness (QED) is 0.823. The highest BCUT2D eigenvalue weighted by Gasteiger charge is 2.45. The van der Waals surface area contributed by atoms with Crippen LogP contribution in [-0.2, 0) is 9.47 Å². The molecule has 6 heteroatoms. The van der Waals surface area contributed by atoms with Gasteiger partial charge in [-0.05, 0) is 46.0 Å². The summed E-state index contributed by atoms with van der Waals surface area (Å²) in [6.07, 6.45) is 1.91. The van der Waals surface area contributed by atoms with Gasteiger partial charge in [-0.2, -0.15) is 0 Å². The number of likely N-dealkylation sites (N-methyl/N-ethyl adjacent to an activating group) is 1. The molecule has 0 bridgehead atoms. The van der Waals surface area contributed by atoms with E-state index < -0.39 is 0 Å². The molecule has 1 aromatic rings. The largest absolute Gasteiger partial charge is 0.456 e. The lowest BCUT2D eigenvalue weighted by atomic mass is 10.1. The Morgan fingerprint density at radius 3 is 2.91 bits per heavy atom. The summed E-state index contributed by atoms with van der Waals surface area (Å²) in [4.78, 5) is 16.7. The minimum absolute atomic E-state index is 0.0223. The molecule has 6 nitrogen and oxygen atoms in total. The molecule has 1 aliphatic heterocycles. The van der Waals surface area contributed by atoms with Gasteiger partial charge in [-0.25, -0.2) is 0 Å². The fourth-order valence-electron chi connectivity index (χ4n) is 3.42. The van der Waals surface area contributed by atoms with Crippen molar-refractivity contribution in [3.05, 3.63) is 23.7 Å². The second kappa shape index (κ2) is 7.03. The Morgan fingerprint density at radius 1 is 1.39 bits per heavy atom. The first-order valence-electron chi connectivity index (χ1n) is 8.31. The molecule has 128 valence electrons. The fraction of sp³-hybridized carbons (Fsp3) is 0.706. The number of furan rings is 1. The molecular formula is C17H26N2O4. The highest BCUT2D eigenvalue weighted by Crippen LogP contribution is 2.33. The van der Waals surface area contributed by atoms with Crippen LogP contribution in [0.2, 0.25) is 0 Å². The van der Waals surface area contributed by atoms with Gasteiger partial charge in [0.05, 0.1) is 25.4 Å². The van der Waals surface area contributed by atoms with E-state index in [-0.39, 0.29) is 24.2 Å². The molecule has 1 saturated heterocycles.